The number of carbonyl (C=O) groups excluding carboxylic acids is 1. The Morgan fingerprint density at radius 2 is 2.15 bits per heavy atom. The quantitative estimate of drug-likeness (QED) is 0.575. The van der Waals surface area contributed by atoms with Gasteiger partial charge < -0.3 is 14.9 Å². The van der Waals surface area contributed by atoms with Crippen LogP contribution in [0, 0.1) is 0 Å². The zero-order valence-electron chi connectivity index (χ0n) is 14.5. The average molecular weight is 397 g/mol. The van der Waals surface area contributed by atoms with Gasteiger partial charge in [-0.1, -0.05) is 28.4 Å². The van der Waals surface area contributed by atoms with Crippen molar-refractivity contribution >= 4 is 34.8 Å². The molecular weight excluding hydrogens is 379 g/mol. The molecule has 0 aliphatic heterocycles. The smallest absolute Gasteiger partial charge is 0.273 e. The van der Waals surface area contributed by atoms with Crippen LogP contribution in [0.4, 0.5) is 0 Å². The first kappa shape index (κ1) is 19.8. The van der Waals surface area contributed by atoms with Crippen LogP contribution < -0.4 is 10.1 Å². The number of nitrogens with zero attached hydrogens (tertiary/aromatic N) is 3. The topological polar surface area (TPSA) is 77.7 Å². The third-order valence-corrected chi connectivity index (χ3v) is 3.88. The molecule has 0 aliphatic carbocycles. The highest BCUT2D eigenvalue weighted by Crippen LogP contribution is 2.24. The Hall–Kier alpha value is -2.51. The molecule has 138 valence electrons. The normalized spacial score (nSPS) is 12.0. The van der Waals surface area contributed by atoms with Crippen LogP contribution in [0.2, 0.25) is 10.0 Å². The van der Waals surface area contributed by atoms with Crippen LogP contribution in [-0.2, 0) is 9.63 Å². The van der Waals surface area contributed by atoms with Gasteiger partial charge in [0.2, 0.25) is 5.88 Å². The summed E-state index contributed by atoms with van der Waals surface area (Å²) in [6, 6.07) is 6.84. The molecule has 0 unspecified atom stereocenters. The summed E-state index contributed by atoms with van der Waals surface area (Å²) < 4.78 is 7.17. The number of ether oxygens (including phenoxy) is 1. The Kier molecular flexibility index (Phi) is 7.06. The minimum absolute atomic E-state index is 0.178. The average Bonchev–Trinajstić information content (AvgIpc) is 3.07. The van der Waals surface area contributed by atoms with Gasteiger partial charge in [-0.25, -0.2) is 4.68 Å². The van der Waals surface area contributed by atoms with E-state index in [1.807, 2.05) is 0 Å². The lowest BCUT2D eigenvalue weighted by atomic mass is 10.1. The fourth-order valence-electron chi connectivity index (χ4n) is 2.04. The molecule has 0 aliphatic rings. The number of hydrogen-bond acceptors (Lipinski definition) is 5. The van der Waals surface area contributed by atoms with Crippen molar-refractivity contribution < 1.29 is 14.4 Å². The molecule has 1 heterocycles. The summed E-state index contributed by atoms with van der Waals surface area (Å²) in [6.07, 6.45) is 3.44. The molecule has 0 bridgehead atoms. The monoisotopic (exact) mass is 396 g/mol. The van der Waals surface area contributed by atoms with Gasteiger partial charge in [-0.15, -0.1) is 5.10 Å². The molecular formula is C17H18Cl2N4O3. The maximum absolute atomic E-state index is 11.8. The molecule has 0 saturated heterocycles. The van der Waals surface area contributed by atoms with Crippen LogP contribution in [0.25, 0.3) is 5.69 Å². The molecule has 9 heteroatoms. The summed E-state index contributed by atoms with van der Waals surface area (Å²) in [5.41, 5.74) is 1.48. The zero-order valence-corrected chi connectivity index (χ0v) is 16.0. The highest BCUT2D eigenvalue weighted by molar-refractivity contribution is 6.44. The molecule has 7 nitrogen and oxygen atoms in total. The van der Waals surface area contributed by atoms with Crippen molar-refractivity contribution in [1.82, 2.24) is 15.1 Å². The Morgan fingerprint density at radius 1 is 1.38 bits per heavy atom. The number of nitrogens with one attached hydrogen (secondary N) is 1. The standard InChI is InChI=1S/C17H18Cl2N4O3/c1-11(16(22-25-3)17(24)20-2)7-9-26-15-6-8-23(21-15)14-5-4-12(18)10-13(14)19/h4-8,10H,9H2,1-3H3,(H,20,24). The molecule has 1 aromatic heterocycles. The number of benzene rings is 1. The van der Waals surface area contributed by atoms with Crippen molar-refractivity contribution in [2.24, 2.45) is 5.16 Å². The van der Waals surface area contributed by atoms with Gasteiger partial charge in [0.25, 0.3) is 5.91 Å². The van der Waals surface area contributed by atoms with E-state index in [0.717, 1.165) is 0 Å². The molecule has 0 fully saturated rings. The number of amides is 1. The molecule has 1 N–H and O–H groups in total. The Labute approximate surface area is 161 Å². The van der Waals surface area contributed by atoms with Gasteiger partial charge in [0.05, 0.1) is 10.7 Å². The first-order valence-corrected chi connectivity index (χ1v) is 8.36. The van der Waals surface area contributed by atoms with E-state index in [2.05, 4.69) is 15.6 Å². The molecule has 1 amide bonds. The van der Waals surface area contributed by atoms with Gasteiger partial charge in [-0.3, -0.25) is 4.79 Å². The Morgan fingerprint density at radius 3 is 2.81 bits per heavy atom. The molecule has 0 spiro atoms. The molecule has 1 aromatic carbocycles. The van der Waals surface area contributed by atoms with Crippen LogP contribution in [0.15, 0.2) is 47.3 Å². The summed E-state index contributed by atoms with van der Waals surface area (Å²) in [4.78, 5) is 16.4. The summed E-state index contributed by atoms with van der Waals surface area (Å²) in [6.45, 7) is 1.94. The first-order valence-electron chi connectivity index (χ1n) is 7.60. The maximum atomic E-state index is 11.8. The van der Waals surface area contributed by atoms with E-state index >= 15 is 0 Å². The minimum atomic E-state index is -0.345. The summed E-state index contributed by atoms with van der Waals surface area (Å²) >= 11 is 12.1. The lowest BCUT2D eigenvalue weighted by molar-refractivity contribution is -0.114. The van der Waals surface area contributed by atoms with Gasteiger partial charge in [0.15, 0.2) is 5.71 Å². The third kappa shape index (κ3) is 5.00. The fourth-order valence-corrected chi connectivity index (χ4v) is 2.53. The number of aromatic nitrogens is 2. The third-order valence-electron chi connectivity index (χ3n) is 3.34. The van der Waals surface area contributed by atoms with E-state index in [4.69, 9.17) is 32.8 Å². The van der Waals surface area contributed by atoms with Crippen molar-refractivity contribution in [2.75, 3.05) is 20.8 Å². The van der Waals surface area contributed by atoms with Crippen LogP contribution in [-0.4, -0.2) is 42.2 Å². The maximum Gasteiger partial charge on any atom is 0.273 e. The van der Waals surface area contributed by atoms with E-state index < -0.39 is 0 Å². The van der Waals surface area contributed by atoms with E-state index in [9.17, 15) is 4.79 Å². The van der Waals surface area contributed by atoms with Crippen molar-refractivity contribution in [3.63, 3.8) is 0 Å². The zero-order chi connectivity index (χ0) is 19.1. The van der Waals surface area contributed by atoms with E-state index in [0.29, 0.717) is 27.2 Å². The molecule has 2 rings (SSSR count). The van der Waals surface area contributed by atoms with Crippen molar-refractivity contribution in [1.29, 1.82) is 0 Å². The first-order chi connectivity index (χ1) is 12.5. The van der Waals surface area contributed by atoms with Gasteiger partial charge in [-0.2, -0.15) is 0 Å². The van der Waals surface area contributed by atoms with Crippen LogP contribution >= 0.6 is 23.2 Å². The van der Waals surface area contributed by atoms with Crippen LogP contribution in [0.5, 0.6) is 5.88 Å². The molecule has 26 heavy (non-hydrogen) atoms. The fraction of sp³-hybridized carbons (Fsp3) is 0.235. The van der Waals surface area contributed by atoms with Crippen molar-refractivity contribution in [3.8, 4) is 11.6 Å². The van der Waals surface area contributed by atoms with E-state index in [1.54, 1.807) is 48.1 Å². The molecule has 2 aromatic rings. The van der Waals surface area contributed by atoms with E-state index in [-0.39, 0.29) is 18.2 Å². The van der Waals surface area contributed by atoms with Crippen molar-refractivity contribution in [3.05, 3.63) is 52.2 Å². The van der Waals surface area contributed by atoms with Crippen molar-refractivity contribution in [2.45, 2.75) is 6.92 Å². The summed E-state index contributed by atoms with van der Waals surface area (Å²) in [7, 11) is 2.90. The number of carbonyl (C=O) groups is 1. The van der Waals surface area contributed by atoms with Crippen LogP contribution in [0.3, 0.4) is 0 Å². The highest BCUT2D eigenvalue weighted by Gasteiger charge is 2.12. The SMILES string of the molecule is CNC(=O)C(=NOC)C(C)=CCOc1ccn(-c2ccc(Cl)cc2Cl)n1. The van der Waals surface area contributed by atoms with Gasteiger partial charge in [0.1, 0.15) is 13.7 Å². The van der Waals surface area contributed by atoms with Gasteiger partial charge >= 0.3 is 0 Å². The molecule has 0 radical (unpaired) electrons. The largest absolute Gasteiger partial charge is 0.472 e. The number of rotatable bonds is 7. The summed E-state index contributed by atoms with van der Waals surface area (Å²) in [5, 5.41) is 11.6. The Balaban J connectivity index is 2.05. The minimum Gasteiger partial charge on any atom is -0.472 e. The highest BCUT2D eigenvalue weighted by atomic mass is 35.5. The number of halogens is 2. The second kappa shape index (κ2) is 9.26. The predicted molar refractivity (Wildman–Crippen MR) is 101 cm³/mol. The summed E-state index contributed by atoms with van der Waals surface area (Å²) in [5.74, 6) is 0.0625. The second-order valence-corrected chi connectivity index (χ2v) is 5.94. The van der Waals surface area contributed by atoms with Gasteiger partial charge in [0, 0.05) is 24.3 Å². The number of oxime groups is 1. The lowest BCUT2D eigenvalue weighted by Gasteiger charge is -2.06. The molecule has 0 saturated carbocycles. The van der Waals surface area contributed by atoms with Crippen LogP contribution in [0.1, 0.15) is 6.92 Å². The van der Waals surface area contributed by atoms with Gasteiger partial charge in [-0.05, 0) is 36.8 Å². The Bertz CT molecular complexity index is 846. The second-order valence-electron chi connectivity index (χ2n) is 5.09. The van der Waals surface area contributed by atoms with E-state index in [1.165, 1.54) is 14.2 Å². The molecule has 0 atom stereocenters. The number of hydrogen-bond donors (Lipinski definition) is 1. The predicted octanol–water partition coefficient (Wildman–Crippen LogP) is 3.25. The lowest BCUT2D eigenvalue weighted by Crippen LogP contribution is -2.28.